The Labute approximate surface area is 146 Å². The van der Waals surface area contributed by atoms with Crippen molar-refractivity contribution in [3.8, 4) is 0 Å². The summed E-state index contributed by atoms with van der Waals surface area (Å²) >= 11 is 7.83. The highest BCUT2D eigenvalue weighted by Gasteiger charge is 2.23. The first-order valence-corrected chi connectivity index (χ1v) is 9.21. The van der Waals surface area contributed by atoms with E-state index in [1.807, 2.05) is 26.2 Å². The number of halogens is 1. The van der Waals surface area contributed by atoms with E-state index in [9.17, 15) is 4.79 Å². The number of hydrogen-bond donors (Lipinski definition) is 0. The fourth-order valence-corrected chi connectivity index (χ4v) is 4.26. The number of nitrogens with zero attached hydrogens (tertiary/aromatic N) is 3. The predicted octanol–water partition coefficient (Wildman–Crippen LogP) is 3.61. The molecule has 2 aromatic rings. The minimum atomic E-state index is 0.204. The topological polar surface area (TPSA) is 36.4 Å². The highest BCUT2D eigenvalue weighted by molar-refractivity contribution is 7.18. The average Bonchev–Trinajstić information content (AvgIpc) is 2.96. The lowest BCUT2D eigenvalue weighted by Gasteiger charge is -2.31. The van der Waals surface area contributed by atoms with Crippen LogP contribution in [0.5, 0.6) is 0 Å². The molecule has 0 atom stereocenters. The highest BCUT2D eigenvalue weighted by atomic mass is 35.5. The molecule has 6 heteroatoms. The van der Waals surface area contributed by atoms with E-state index in [0.717, 1.165) is 43.0 Å². The van der Waals surface area contributed by atoms with Crippen molar-refractivity contribution >= 4 is 39.1 Å². The second-order valence-electron chi connectivity index (χ2n) is 6.32. The van der Waals surface area contributed by atoms with Crippen molar-refractivity contribution in [3.05, 3.63) is 28.2 Å². The van der Waals surface area contributed by atoms with Crippen LogP contribution in [0.2, 0.25) is 5.02 Å². The molecule has 0 aliphatic carbocycles. The number of benzene rings is 1. The lowest BCUT2D eigenvalue weighted by Crippen LogP contribution is -2.36. The number of piperidine rings is 1. The van der Waals surface area contributed by atoms with Gasteiger partial charge in [0.25, 0.3) is 0 Å². The normalized spacial score (nSPS) is 16.8. The quantitative estimate of drug-likeness (QED) is 0.844. The Bertz CT molecular complexity index is 692. The van der Waals surface area contributed by atoms with Crippen LogP contribution in [-0.2, 0) is 4.79 Å². The summed E-state index contributed by atoms with van der Waals surface area (Å²) in [5.41, 5.74) is 1.01. The molecule has 0 unspecified atom stereocenters. The minimum Gasteiger partial charge on any atom is -0.349 e. The van der Waals surface area contributed by atoms with Crippen molar-refractivity contribution < 1.29 is 4.79 Å². The SMILES string of the molecule is CN(C)C(=O)CCN1CCC(c2nc3cc(Cl)ccc3s2)CC1. The highest BCUT2D eigenvalue weighted by Crippen LogP contribution is 2.34. The second-order valence-corrected chi connectivity index (χ2v) is 7.82. The van der Waals surface area contributed by atoms with Crippen LogP contribution in [0.15, 0.2) is 18.2 Å². The van der Waals surface area contributed by atoms with E-state index in [0.29, 0.717) is 12.3 Å². The maximum absolute atomic E-state index is 11.7. The number of hydrogen-bond acceptors (Lipinski definition) is 4. The number of thiazole rings is 1. The first-order chi connectivity index (χ1) is 11.0. The molecule has 1 fully saturated rings. The van der Waals surface area contributed by atoms with E-state index in [4.69, 9.17) is 16.6 Å². The summed E-state index contributed by atoms with van der Waals surface area (Å²) in [4.78, 5) is 20.5. The third-order valence-corrected chi connectivity index (χ3v) is 5.88. The number of rotatable bonds is 4. The van der Waals surface area contributed by atoms with Gasteiger partial charge in [-0.25, -0.2) is 4.98 Å². The molecule has 0 bridgehead atoms. The number of aromatic nitrogens is 1. The Morgan fingerprint density at radius 2 is 2.13 bits per heavy atom. The summed E-state index contributed by atoms with van der Waals surface area (Å²) < 4.78 is 1.21. The summed E-state index contributed by atoms with van der Waals surface area (Å²) in [6, 6.07) is 5.93. The number of fused-ring (bicyclic) bond motifs is 1. The van der Waals surface area contributed by atoms with Gasteiger partial charge in [0.15, 0.2) is 0 Å². The zero-order valence-corrected chi connectivity index (χ0v) is 15.2. The van der Waals surface area contributed by atoms with E-state index >= 15 is 0 Å². The first kappa shape index (κ1) is 16.7. The number of carbonyl (C=O) groups is 1. The van der Waals surface area contributed by atoms with Gasteiger partial charge in [0.1, 0.15) is 0 Å². The fraction of sp³-hybridized carbons (Fsp3) is 0.529. The van der Waals surface area contributed by atoms with Crippen LogP contribution in [-0.4, -0.2) is 54.4 Å². The Kier molecular flexibility index (Phi) is 5.19. The summed E-state index contributed by atoms with van der Waals surface area (Å²) in [5.74, 6) is 0.738. The van der Waals surface area contributed by atoms with Gasteiger partial charge in [-0.1, -0.05) is 11.6 Å². The fourth-order valence-electron chi connectivity index (χ4n) is 2.97. The molecule has 0 spiro atoms. The second kappa shape index (κ2) is 7.16. The Hall–Kier alpha value is -1.17. The molecule has 0 N–H and O–H groups in total. The van der Waals surface area contributed by atoms with Crippen molar-refractivity contribution in [2.75, 3.05) is 33.7 Å². The van der Waals surface area contributed by atoms with Crippen LogP contribution in [0.4, 0.5) is 0 Å². The van der Waals surface area contributed by atoms with Gasteiger partial charge in [0.2, 0.25) is 5.91 Å². The van der Waals surface area contributed by atoms with E-state index < -0.39 is 0 Å². The Morgan fingerprint density at radius 3 is 2.83 bits per heavy atom. The van der Waals surface area contributed by atoms with Crippen molar-refractivity contribution in [1.29, 1.82) is 0 Å². The minimum absolute atomic E-state index is 0.204. The lowest BCUT2D eigenvalue weighted by molar-refractivity contribution is -0.129. The van der Waals surface area contributed by atoms with E-state index in [2.05, 4.69) is 11.0 Å². The zero-order valence-electron chi connectivity index (χ0n) is 13.6. The van der Waals surface area contributed by atoms with Gasteiger partial charge in [-0.2, -0.15) is 0 Å². The van der Waals surface area contributed by atoms with E-state index in [1.165, 1.54) is 9.71 Å². The van der Waals surface area contributed by atoms with Gasteiger partial charge in [0, 0.05) is 38.0 Å². The molecule has 1 aromatic heterocycles. The van der Waals surface area contributed by atoms with Crippen molar-refractivity contribution in [2.45, 2.75) is 25.2 Å². The van der Waals surface area contributed by atoms with E-state index in [1.54, 1.807) is 16.2 Å². The molecule has 124 valence electrons. The van der Waals surface area contributed by atoms with Gasteiger partial charge in [-0.3, -0.25) is 4.79 Å². The Morgan fingerprint density at radius 1 is 1.39 bits per heavy atom. The standard InChI is InChI=1S/C17H22ClN3OS/c1-20(2)16(22)7-10-21-8-5-12(6-9-21)17-19-14-11-13(18)3-4-15(14)23-17/h3-4,11-12H,5-10H2,1-2H3. The molecule has 3 rings (SSSR count). The molecule has 1 aromatic carbocycles. The number of carbonyl (C=O) groups excluding carboxylic acids is 1. The van der Waals surface area contributed by atoms with Crippen molar-refractivity contribution in [1.82, 2.24) is 14.8 Å². The van der Waals surface area contributed by atoms with Crippen molar-refractivity contribution in [3.63, 3.8) is 0 Å². The van der Waals surface area contributed by atoms with Gasteiger partial charge < -0.3 is 9.80 Å². The molecule has 1 aliphatic heterocycles. The first-order valence-electron chi connectivity index (χ1n) is 8.01. The van der Waals surface area contributed by atoms with Crippen LogP contribution in [0.3, 0.4) is 0 Å². The summed E-state index contributed by atoms with van der Waals surface area (Å²) in [6.07, 6.45) is 2.84. The van der Waals surface area contributed by atoms with Gasteiger partial charge in [-0.15, -0.1) is 11.3 Å². The predicted molar refractivity (Wildman–Crippen MR) is 96.4 cm³/mol. The smallest absolute Gasteiger partial charge is 0.223 e. The molecule has 0 saturated carbocycles. The van der Waals surface area contributed by atoms with Crippen LogP contribution >= 0.6 is 22.9 Å². The molecule has 2 heterocycles. The summed E-state index contributed by atoms with van der Waals surface area (Å²) in [6.45, 7) is 2.95. The molecule has 0 radical (unpaired) electrons. The molecular weight excluding hydrogens is 330 g/mol. The van der Waals surface area contributed by atoms with Gasteiger partial charge in [0.05, 0.1) is 15.2 Å². The third kappa shape index (κ3) is 4.03. The maximum Gasteiger partial charge on any atom is 0.223 e. The number of amides is 1. The summed E-state index contributed by atoms with van der Waals surface area (Å²) in [7, 11) is 3.63. The maximum atomic E-state index is 11.7. The molecule has 1 amide bonds. The van der Waals surface area contributed by atoms with Gasteiger partial charge in [-0.05, 0) is 44.1 Å². The van der Waals surface area contributed by atoms with Crippen LogP contribution in [0, 0.1) is 0 Å². The van der Waals surface area contributed by atoms with Crippen LogP contribution in [0.25, 0.3) is 10.2 Å². The Balaban J connectivity index is 1.56. The number of likely N-dealkylation sites (tertiary alicyclic amines) is 1. The van der Waals surface area contributed by atoms with Crippen LogP contribution < -0.4 is 0 Å². The lowest BCUT2D eigenvalue weighted by atomic mass is 9.97. The molecular formula is C17H22ClN3OS. The third-order valence-electron chi connectivity index (χ3n) is 4.44. The molecule has 1 saturated heterocycles. The summed E-state index contributed by atoms with van der Waals surface area (Å²) in [5, 5.41) is 1.97. The molecule has 4 nitrogen and oxygen atoms in total. The van der Waals surface area contributed by atoms with Gasteiger partial charge >= 0.3 is 0 Å². The van der Waals surface area contributed by atoms with E-state index in [-0.39, 0.29) is 5.91 Å². The zero-order chi connectivity index (χ0) is 16.4. The molecule has 1 aliphatic rings. The average molecular weight is 352 g/mol. The van der Waals surface area contributed by atoms with Crippen molar-refractivity contribution in [2.24, 2.45) is 0 Å². The monoisotopic (exact) mass is 351 g/mol. The molecule has 23 heavy (non-hydrogen) atoms. The van der Waals surface area contributed by atoms with Crippen LogP contribution in [0.1, 0.15) is 30.2 Å². The largest absolute Gasteiger partial charge is 0.349 e.